The lowest BCUT2D eigenvalue weighted by molar-refractivity contribution is -0.384. The molecule has 0 bridgehead atoms. The van der Waals surface area contributed by atoms with Gasteiger partial charge < -0.3 is 9.64 Å². The number of benzene rings is 1. The average molecular weight is 288 g/mol. The summed E-state index contributed by atoms with van der Waals surface area (Å²) in [7, 11) is 0. The van der Waals surface area contributed by atoms with Crippen molar-refractivity contribution < 1.29 is 19.2 Å². The highest BCUT2D eigenvalue weighted by Gasteiger charge is 2.45. The minimum absolute atomic E-state index is 0.0159. The minimum Gasteiger partial charge on any atom is -0.459 e. The maximum absolute atomic E-state index is 12.0. The molecule has 0 saturated carbocycles. The largest absolute Gasteiger partial charge is 0.459 e. The molecule has 2 aliphatic rings. The molecule has 21 heavy (non-hydrogen) atoms. The van der Waals surface area contributed by atoms with Crippen molar-refractivity contribution in [2.24, 2.45) is 0 Å². The molecular weight excluding hydrogens is 276 g/mol. The molecule has 108 valence electrons. The molecule has 0 radical (unpaired) electrons. The van der Waals surface area contributed by atoms with Gasteiger partial charge in [0, 0.05) is 12.1 Å². The van der Waals surface area contributed by atoms with Crippen LogP contribution in [0.2, 0.25) is 0 Å². The summed E-state index contributed by atoms with van der Waals surface area (Å²) in [5.41, 5.74) is 0.639. The smallest absolute Gasteiger partial charge is 0.333 e. The fourth-order valence-corrected chi connectivity index (χ4v) is 2.45. The van der Waals surface area contributed by atoms with Crippen LogP contribution in [-0.2, 0) is 20.9 Å². The van der Waals surface area contributed by atoms with Gasteiger partial charge in [-0.3, -0.25) is 14.9 Å². The summed E-state index contributed by atoms with van der Waals surface area (Å²) in [6.45, 7) is 0.0217. The number of esters is 1. The Hall–Kier alpha value is -2.70. The Morgan fingerprint density at radius 1 is 1.33 bits per heavy atom. The number of hydrogen-bond acceptors (Lipinski definition) is 5. The van der Waals surface area contributed by atoms with Gasteiger partial charge in [-0.05, 0) is 17.7 Å². The summed E-state index contributed by atoms with van der Waals surface area (Å²) in [5.74, 6) is -0.539. The van der Waals surface area contributed by atoms with Crippen LogP contribution in [0, 0.1) is 10.1 Å². The molecule has 2 atom stereocenters. The molecule has 3 rings (SSSR count). The van der Waals surface area contributed by atoms with Crippen LogP contribution in [0.1, 0.15) is 12.0 Å². The molecular formula is C14H12N2O5. The normalized spacial score (nSPS) is 22.7. The fourth-order valence-electron chi connectivity index (χ4n) is 2.45. The number of nitro groups is 1. The summed E-state index contributed by atoms with van der Waals surface area (Å²) in [6.07, 6.45) is 3.95. The molecule has 1 aromatic carbocycles. The molecule has 0 aromatic heterocycles. The second-order valence-corrected chi connectivity index (χ2v) is 4.93. The second kappa shape index (κ2) is 5.01. The predicted octanol–water partition coefficient (Wildman–Crippen LogP) is 1.18. The van der Waals surface area contributed by atoms with E-state index in [1.54, 1.807) is 6.08 Å². The van der Waals surface area contributed by atoms with E-state index in [0.29, 0.717) is 12.0 Å². The van der Waals surface area contributed by atoms with Crippen LogP contribution in [0.3, 0.4) is 0 Å². The number of ether oxygens (including phenoxy) is 1. The van der Waals surface area contributed by atoms with E-state index in [4.69, 9.17) is 4.74 Å². The van der Waals surface area contributed by atoms with E-state index in [0.717, 1.165) is 0 Å². The number of carbonyl (C=O) groups is 2. The first kappa shape index (κ1) is 13.3. The lowest BCUT2D eigenvalue weighted by Crippen LogP contribution is -2.55. The fraction of sp³-hybridized carbons (Fsp3) is 0.286. The summed E-state index contributed by atoms with van der Waals surface area (Å²) >= 11 is 0. The molecule has 2 unspecified atom stereocenters. The van der Waals surface area contributed by atoms with E-state index in [-0.39, 0.29) is 24.2 Å². The Labute approximate surface area is 119 Å². The van der Waals surface area contributed by atoms with Gasteiger partial charge in [0.1, 0.15) is 12.6 Å². The predicted molar refractivity (Wildman–Crippen MR) is 71.1 cm³/mol. The third kappa shape index (κ3) is 2.37. The first-order valence-electron chi connectivity index (χ1n) is 6.46. The number of fused-ring (bicyclic) bond motifs is 1. The third-order valence-corrected chi connectivity index (χ3v) is 3.61. The Morgan fingerprint density at radius 3 is 2.67 bits per heavy atom. The number of hydrogen-bond donors (Lipinski definition) is 0. The van der Waals surface area contributed by atoms with Gasteiger partial charge in [0.25, 0.3) is 5.69 Å². The van der Waals surface area contributed by atoms with Crippen molar-refractivity contribution in [1.82, 2.24) is 4.90 Å². The average Bonchev–Trinajstić information content (AvgIpc) is 2.82. The van der Waals surface area contributed by atoms with E-state index >= 15 is 0 Å². The van der Waals surface area contributed by atoms with Crippen molar-refractivity contribution in [2.75, 3.05) is 0 Å². The quantitative estimate of drug-likeness (QED) is 0.273. The molecule has 0 N–H and O–H groups in total. The van der Waals surface area contributed by atoms with Gasteiger partial charge in [0.2, 0.25) is 5.91 Å². The van der Waals surface area contributed by atoms with Gasteiger partial charge in [-0.25, -0.2) is 4.79 Å². The highest BCUT2D eigenvalue weighted by Crippen LogP contribution is 2.30. The van der Waals surface area contributed by atoms with Gasteiger partial charge in [-0.1, -0.05) is 12.2 Å². The Morgan fingerprint density at radius 2 is 2.05 bits per heavy atom. The van der Waals surface area contributed by atoms with Crippen molar-refractivity contribution in [3.05, 3.63) is 52.1 Å². The molecule has 1 aromatic rings. The highest BCUT2D eigenvalue weighted by molar-refractivity contribution is 5.92. The zero-order chi connectivity index (χ0) is 15.0. The van der Waals surface area contributed by atoms with E-state index < -0.39 is 16.9 Å². The van der Waals surface area contributed by atoms with Crippen LogP contribution in [0.15, 0.2) is 36.4 Å². The number of carbonyl (C=O) groups excluding carboxylic acids is 2. The third-order valence-electron chi connectivity index (χ3n) is 3.61. The van der Waals surface area contributed by atoms with Crippen molar-refractivity contribution >= 4 is 17.6 Å². The maximum Gasteiger partial charge on any atom is 0.333 e. The Balaban J connectivity index is 1.57. The van der Waals surface area contributed by atoms with Crippen molar-refractivity contribution in [2.45, 2.75) is 25.1 Å². The van der Waals surface area contributed by atoms with E-state index in [9.17, 15) is 19.7 Å². The standard InChI is InChI=1S/C14H12N2O5/c17-13-7-11-5-6-12(15(11)13)14(18)21-8-9-1-3-10(4-2-9)16(19)20/h1-6,11-12H,7-8H2. The second-order valence-electron chi connectivity index (χ2n) is 4.93. The molecule has 7 heteroatoms. The summed E-state index contributed by atoms with van der Waals surface area (Å²) in [4.78, 5) is 34.9. The van der Waals surface area contributed by atoms with E-state index in [1.165, 1.54) is 29.2 Å². The number of β-lactam (4-membered cyclic amide) rings is 1. The minimum atomic E-state index is -0.644. The Bertz CT molecular complexity index is 637. The highest BCUT2D eigenvalue weighted by atomic mass is 16.6. The van der Waals surface area contributed by atoms with Crippen LogP contribution in [0.4, 0.5) is 5.69 Å². The molecule has 1 fully saturated rings. The SMILES string of the molecule is O=C(OCc1ccc([N+](=O)[O-])cc1)C1C=CC2CC(=O)N21. The Kier molecular flexibility index (Phi) is 3.17. The first-order valence-corrected chi connectivity index (χ1v) is 6.46. The van der Waals surface area contributed by atoms with Gasteiger partial charge in [-0.2, -0.15) is 0 Å². The molecule has 2 heterocycles. The van der Waals surface area contributed by atoms with Gasteiger partial charge in [0.05, 0.1) is 17.4 Å². The van der Waals surface area contributed by atoms with Crippen molar-refractivity contribution in [3.63, 3.8) is 0 Å². The molecule has 2 aliphatic heterocycles. The molecule has 1 saturated heterocycles. The lowest BCUT2D eigenvalue weighted by Gasteiger charge is -2.37. The van der Waals surface area contributed by atoms with Crippen LogP contribution in [0.5, 0.6) is 0 Å². The van der Waals surface area contributed by atoms with Crippen LogP contribution < -0.4 is 0 Å². The van der Waals surface area contributed by atoms with Crippen LogP contribution >= 0.6 is 0 Å². The lowest BCUT2D eigenvalue weighted by atomic mass is 10.0. The monoisotopic (exact) mass is 288 g/mol. The van der Waals surface area contributed by atoms with Crippen molar-refractivity contribution in [3.8, 4) is 0 Å². The molecule has 7 nitrogen and oxygen atoms in total. The topological polar surface area (TPSA) is 89.7 Å². The number of nitrogens with zero attached hydrogens (tertiary/aromatic N) is 2. The summed E-state index contributed by atoms with van der Waals surface area (Å²) < 4.78 is 5.16. The molecule has 0 spiro atoms. The van der Waals surface area contributed by atoms with Crippen LogP contribution in [0.25, 0.3) is 0 Å². The number of non-ortho nitro benzene ring substituents is 1. The van der Waals surface area contributed by atoms with Gasteiger partial charge in [-0.15, -0.1) is 0 Å². The molecule has 1 amide bonds. The summed E-state index contributed by atoms with van der Waals surface area (Å²) in [5, 5.41) is 10.5. The van der Waals surface area contributed by atoms with Gasteiger partial charge >= 0.3 is 5.97 Å². The van der Waals surface area contributed by atoms with Crippen molar-refractivity contribution in [1.29, 1.82) is 0 Å². The van der Waals surface area contributed by atoms with E-state index in [1.807, 2.05) is 6.08 Å². The zero-order valence-corrected chi connectivity index (χ0v) is 11.0. The number of nitro benzene ring substituents is 1. The first-order chi connectivity index (χ1) is 10.1. The number of amides is 1. The molecule has 0 aliphatic carbocycles. The van der Waals surface area contributed by atoms with E-state index in [2.05, 4.69) is 0 Å². The number of rotatable bonds is 4. The summed E-state index contributed by atoms with van der Waals surface area (Å²) in [6, 6.07) is 5.16. The zero-order valence-electron chi connectivity index (χ0n) is 11.0. The van der Waals surface area contributed by atoms with Gasteiger partial charge in [0.15, 0.2) is 0 Å². The van der Waals surface area contributed by atoms with Crippen LogP contribution in [-0.4, -0.2) is 33.8 Å². The maximum atomic E-state index is 12.0.